The number of rotatable bonds is 62. The van der Waals surface area contributed by atoms with E-state index in [0.717, 1.165) is 77.0 Å². The smallest absolute Gasteiger partial charge is 0.306 e. The summed E-state index contributed by atoms with van der Waals surface area (Å²) in [6.45, 7) is 6.65. The molecule has 0 aromatic heterocycles. The molecule has 0 bridgehead atoms. The summed E-state index contributed by atoms with van der Waals surface area (Å²) in [7, 11) is 0. The summed E-state index contributed by atoms with van der Waals surface area (Å²) in [6.07, 6.45) is 81.5. The van der Waals surface area contributed by atoms with Crippen LogP contribution in [0.4, 0.5) is 0 Å². The zero-order valence-electron chi connectivity index (χ0n) is 51.0. The monoisotopic (exact) mass is 1060 g/mol. The molecule has 0 fully saturated rings. The Morgan fingerprint density at radius 1 is 0.263 bits per heavy atom. The highest BCUT2D eigenvalue weighted by atomic mass is 16.6. The van der Waals surface area contributed by atoms with E-state index in [0.29, 0.717) is 19.3 Å². The number of hydrogen-bond acceptors (Lipinski definition) is 6. The number of unbranched alkanes of at least 4 members (excludes halogenated alkanes) is 43. The fourth-order valence-electron chi connectivity index (χ4n) is 9.98. The Bertz CT molecular complexity index is 1310. The predicted octanol–water partition coefficient (Wildman–Crippen LogP) is 22.9. The average Bonchev–Trinajstić information content (AvgIpc) is 3.42. The normalized spacial score (nSPS) is 12.3. The van der Waals surface area contributed by atoms with Gasteiger partial charge in [-0.05, 0) is 83.5 Å². The van der Waals surface area contributed by atoms with E-state index < -0.39 is 6.10 Å². The first-order valence-electron chi connectivity index (χ1n) is 33.6. The quantitative estimate of drug-likeness (QED) is 0.0261. The molecular weight excluding hydrogens is 937 g/mol. The van der Waals surface area contributed by atoms with Crippen LogP contribution < -0.4 is 0 Å². The lowest BCUT2D eigenvalue weighted by molar-refractivity contribution is -0.167. The van der Waals surface area contributed by atoms with Gasteiger partial charge in [0.1, 0.15) is 13.2 Å². The van der Waals surface area contributed by atoms with Crippen molar-refractivity contribution in [3.63, 3.8) is 0 Å². The Morgan fingerprint density at radius 3 is 0.750 bits per heavy atom. The van der Waals surface area contributed by atoms with Gasteiger partial charge >= 0.3 is 17.9 Å². The Hall–Kier alpha value is -2.63. The number of hydrogen-bond donors (Lipinski definition) is 0. The average molecular weight is 1070 g/mol. The van der Waals surface area contributed by atoms with E-state index in [9.17, 15) is 14.4 Å². The van der Waals surface area contributed by atoms with Crippen molar-refractivity contribution in [3.8, 4) is 0 Å². The molecule has 0 aromatic carbocycles. The largest absolute Gasteiger partial charge is 0.462 e. The maximum atomic E-state index is 12.9. The summed E-state index contributed by atoms with van der Waals surface area (Å²) in [5.41, 5.74) is 0. The van der Waals surface area contributed by atoms with Crippen molar-refractivity contribution >= 4 is 17.9 Å². The Kier molecular flexibility index (Phi) is 62.6. The van der Waals surface area contributed by atoms with Gasteiger partial charge in [-0.25, -0.2) is 0 Å². The second-order valence-corrected chi connectivity index (χ2v) is 22.7. The first-order valence-corrected chi connectivity index (χ1v) is 33.6. The van der Waals surface area contributed by atoms with E-state index in [-0.39, 0.29) is 31.1 Å². The van der Waals surface area contributed by atoms with Gasteiger partial charge in [0, 0.05) is 19.3 Å². The van der Waals surface area contributed by atoms with Gasteiger partial charge in [-0.2, -0.15) is 0 Å². The third-order valence-corrected chi connectivity index (χ3v) is 15.1. The molecule has 76 heavy (non-hydrogen) atoms. The van der Waals surface area contributed by atoms with Gasteiger partial charge in [0.25, 0.3) is 0 Å². The second-order valence-electron chi connectivity index (χ2n) is 22.7. The predicted molar refractivity (Wildman–Crippen MR) is 330 cm³/mol. The molecule has 0 aromatic rings. The van der Waals surface area contributed by atoms with Crippen molar-refractivity contribution < 1.29 is 28.6 Å². The van der Waals surface area contributed by atoms with Crippen LogP contribution in [-0.2, 0) is 28.6 Å². The van der Waals surface area contributed by atoms with Gasteiger partial charge in [-0.3, -0.25) is 14.4 Å². The molecule has 1 atom stereocenters. The molecule has 0 aliphatic rings. The van der Waals surface area contributed by atoms with Gasteiger partial charge in [0.05, 0.1) is 0 Å². The van der Waals surface area contributed by atoms with Crippen LogP contribution in [0.25, 0.3) is 0 Å². The van der Waals surface area contributed by atoms with Crippen molar-refractivity contribution in [1.29, 1.82) is 0 Å². The number of esters is 3. The number of allylic oxidation sites excluding steroid dienone is 8. The molecule has 0 rings (SSSR count). The number of carbonyl (C=O) groups is 3. The first-order chi connectivity index (χ1) is 37.5. The SMILES string of the molecule is CCCCCCC/C=C\C/C=C\C/C=C\CCCCCCCCCCCCCCCCCCCCC(=O)OCC(COC(=O)CCCCCCCCCCCC)OC(=O)CCCCCCC/C=C\CCCCCCCC. The van der Waals surface area contributed by atoms with Gasteiger partial charge in [0.2, 0.25) is 0 Å². The van der Waals surface area contributed by atoms with Gasteiger partial charge < -0.3 is 14.2 Å². The Balaban J connectivity index is 4.06. The van der Waals surface area contributed by atoms with E-state index in [1.165, 1.54) is 244 Å². The third-order valence-electron chi connectivity index (χ3n) is 15.1. The van der Waals surface area contributed by atoms with Crippen LogP contribution in [0.2, 0.25) is 0 Å². The zero-order chi connectivity index (χ0) is 55.0. The van der Waals surface area contributed by atoms with E-state index in [1.54, 1.807) is 0 Å². The van der Waals surface area contributed by atoms with Crippen molar-refractivity contribution in [2.75, 3.05) is 13.2 Å². The van der Waals surface area contributed by atoms with Gasteiger partial charge in [-0.1, -0.05) is 307 Å². The second kappa shape index (κ2) is 64.9. The summed E-state index contributed by atoms with van der Waals surface area (Å²) in [4.78, 5) is 38.2. The maximum absolute atomic E-state index is 12.9. The number of carbonyl (C=O) groups excluding carboxylic acids is 3. The molecule has 0 N–H and O–H groups in total. The third kappa shape index (κ3) is 62.2. The van der Waals surface area contributed by atoms with Crippen molar-refractivity contribution in [2.45, 2.75) is 367 Å². The highest BCUT2D eigenvalue weighted by Gasteiger charge is 2.19. The minimum Gasteiger partial charge on any atom is -0.462 e. The van der Waals surface area contributed by atoms with Crippen LogP contribution in [0.3, 0.4) is 0 Å². The molecule has 0 aliphatic heterocycles. The summed E-state index contributed by atoms with van der Waals surface area (Å²) < 4.78 is 16.9. The van der Waals surface area contributed by atoms with Crippen molar-refractivity contribution in [1.82, 2.24) is 0 Å². The van der Waals surface area contributed by atoms with E-state index in [4.69, 9.17) is 14.2 Å². The van der Waals surface area contributed by atoms with Crippen LogP contribution >= 0.6 is 0 Å². The van der Waals surface area contributed by atoms with Gasteiger partial charge in [-0.15, -0.1) is 0 Å². The fourth-order valence-corrected chi connectivity index (χ4v) is 9.98. The summed E-state index contributed by atoms with van der Waals surface area (Å²) in [5, 5.41) is 0. The van der Waals surface area contributed by atoms with Crippen molar-refractivity contribution in [3.05, 3.63) is 48.6 Å². The topological polar surface area (TPSA) is 78.9 Å². The van der Waals surface area contributed by atoms with E-state index in [2.05, 4.69) is 69.4 Å². The van der Waals surface area contributed by atoms with Crippen LogP contribution in [0, 0.1) is 0 Å². The summed E-state index contributed by atoms with van der Waals surface area (Å²) in [5.74, 6) is -0.861. The highest BCUT2D eigenvalue weighted by Crippen LogP contribution is 2.17. The molecular formula is C70H128O6. The van der Waals surface area contributed by atoms with Crippen molar-refractivity contribution in [2.24, 2.45) is 0 Å². The first kappa shape index (κ1) is 73.4. The van der Waals surface area contributed by atoms with Crippen LogP contribution in [0.5, 0.6) is 0 Å². The molecule has 0 heterocycles. The fraction of sp³-hybridized carbons (Fsp3) is 0.843. The van der Waals surface area contributed by atoms with Crippen LogP contribution in [-0.4, -0.2) is 37.2 Å². The lowest BCUT2D eigenvalue weighted by Gasteiger charge is -2.18. The minimum atomic E-state index is -0.773. The Morgan fingerprint density at radius 2 is 0.474 bits per heavy atom. The zero-order valence-corrected chi connectivity index (χ0v) is 51.0. The molecule has 0 saturated carbocycles. The van der Waals surface area contributed by atoms with Crippen LogP contribution in [0.1, 0.15) is 361 Å². The summed E-state index contributed by atoms with van der Waals surface area (Å²) >= 11 is 0. The highest BCUT2D eigenvalue weighted by molar-refractivity contribution is 5.71. The molecule has 0 spiro atoms. The molecule has 0 radical (unpaired) electrons. The standard InChI is InChI=1S/C70H128O6/c1-4-7-10-13-16-19-22-24-26-27-28-29-30-31-32-33-34-35-36-37-38-39-40-41-42-43-45-46-48-51-54-57-60-63-69(72)75-66-67(65-74-68(71)62-59-56-53-50-21-18-15-12-9-6-3)76-70(73)64-61-58-55-52-49-47-44-25-23-20-17-14-11-8-5-2/h22,24-25,27-28,30-31,44,67H,4-21,23,26,29,32-43,45-66H2,1-3H3/b24-22-,28-27-,31-30-,44-25-. The molecule has 0 aliphatic carbocycles. The maximum Gasteiger partial charge on any atom is 0.306 e. The van der Waals surface area contributed by atoms with Crippen LogP contribution in [0.15, 0.2) is 48.6 Å². The van der Waals surface area contributed by atoms with E-state index in [1.807, 2.05) is 0 Å². The molecule has 0 saturated heterocycles. The van der Waals surface area contributed by atoms with Gasteiger partial charge in [0.15, 0.2) is 6.10 Å². The molecule has 6 heteroatoms. The minimum absolute atomic E-state index is 0.0713. The number of ether oxygens (including phenoxy) is 3. The Labute approximate surface area is 473 Å². The van der Waals surface area contributed by atoms with E-state index >= 15 is 0 Å². The molecule has 1 unspecified atom stereocenters. The lowest BCUT2D eigenvalue weighted by Crippen LogP contribution is -2.30. The lowest BCUT2D eigenvalue weighted by atomic mass is 10.0. The summed E-state index contributed by atoms with van der Waals surface area (Å²) in [6, 6.07) is 0. The molecule has 444 valence electrons. The molecule has 6 nitrogen and oxygen atoms in total. The molecule has 0 amide bonds.